The van der Waals surface area contributed by atoms with Crippen molar-refractivity contribution >= 4 is 11.6 Å². The van der Waals surface area contributed by atoms with E-state index in [1.54, 1.807) is 12.0 Å². The molecule has 0 bridgehead atoms. The fourth-order valence-electron chi connectivity index (χ4n) is 1.47. The van der Waals surface area contributed by atoms with Crippen LogP contribution in [0.3, 0.4) is 0 Å². The van der Waals surface area contributed by atoms with E-state index >= 15 is 0 Å². The second-order valence-electron chi connectivity index (χ2n) is 3.97. The van der Waals surface area contributed by atoms with Crippen LogP contribution in [0.25, 0.3) is 0 Å². The molecule has 0 heterocycles. The summed E-state index contributed by atoms with van der Waals surface area (Å²) < 4.78 is 5.03. The van der Waals surface area contributed by atoms with Crippen LogP contribution in [0, 0.1) is 5.92 Å². The Balaban J connectivity index is 2.83. The molecule has 1 amide bonds. The first-order valence-corrected chi connectivity index (χ1v) is 5.52. The van der Waals surface area contributed by atoms with Gasteiger partial charge in [0.05, 0.1) is 6.61 Å². The number of benzene rings is 1. The van der Waals surface area contributed by atoms with Gasteiger partial charge in [-0.3, -0.25) is 4.79 Å². The van der Waals surface area contributed by atoms with Gasteiger partial charge in [-0.1, -0.05) is 32.0 Å². The van der Waals surface area contributed by atoms with Crippen LogP contribution in [0.5, 0.6) is 0 Å². The van der Waals surface area contributed by atoms with Crippen LogP contribution >= 0.6 is 0 Å². The fourth-order valence-corrected chi connectivity index (χ4v) is 1.47. The lowest BCUT2D eigenvalue weighted by molar-refractivity contribution is -0.121. The van der Waals surface area contributed by atoms with Crippen LogP contribution in [-0.2, 0) is 9.53 Å². The van der Waals surface area contributed by atoms with Crippen LogP contribution in [0.2, 0.25) is 0 Å². The maximum atomic E-state index is 12.0. The number of para-hydroxylation sites is 1. The minimum absolute atomic E-state index is 0.00272. The summed E-state index contributed by atoms with van der Waals surface area (Å²) in [5.74, 6) is 0.125. The number of ether oxygens (including phenoxy) is 1. The molecule has 16 heavy (non-hydrogen) atoms. The third kappa shape index (κ3) is 3.35. The molecule has 0 saturated carbocycles. The highest BCUT2D eigenvalue weighted by Gasteiger charge is 2.17. The van der Waals surface area contributed by atoms with E-state index in [2.05, 4.69) is 0 Å². The van der Waals surface area contributed by atoms with Gasteiger partial charge in [-0.25, -0.2) is 0 Å². The van der Waals surface area contributed by atoms with Gasteiger partial charge in [0.1, 0.15) is 0 Å². The van der Waals surface area contributed by atoms with Gasteiger partial charge in [0, 0.05) is 25.3 Å². The number of anilines is 1. The van der Waals surface area contributed by atoms with Gasteiger partial charge in [0.25, 0.3) is 0 Å². The van der Waals surface area contributed by atoms with E-state index in [9.17, 15) is 4.79 Å². The molecule has 0 radical (unpaired) electrons. The molecule has 88 valence electrons. The van der Waals surface area contributed by atoms with E-state index in [1.807, 2.05) is 44.2 Å². The van der Waals surface area contributed by atoms with Crippen molar-refractivity contribution in [1.29, 1.82) is 0 Å². The Morgan fingerprint density at radius 1 is 1.31 bits per heavy atom. The van der Waals surface area contributed by atoms with Gasteiger partial charge in [0.2, 0.25) is 5.91 Å². The van der Waals surface area contributed by atoms with Gasteiger partial charge < -0.3 is 9.64 Å². The standard InChI is InChI=1S/C13H19NO2/c1-11(2)13(15)14(9-10-16-3)12-7-5-4-6-8-12/h4-8,11H,9-10H2,1-3H3. The van der Waals surface area contributed by atoms with Crippen molar-refractivity contribution in [2.75, 3.05) is 25.2 Å². The van der Waals surface area contributed by atoms with E-state index in [0.717, 1.165) is 5.69 Å². The number of methoxy groups -OCH3 is 1. The lowest BCUT2D eigenvalue weighted by Crippen LogP contribution is -2.36. The maximum Gasteiger partial charge on any atom is 0.229 e. The molecule has 0 aliphatic carbocycles. The van der Waals surface area contributed by atoms with Crippen LogP contribution in [-0.4, -0.2) is 26.2 Å². The molecule has 0 aromatic heterocycles. The van der Waals surface area contributed by atoms with Crippen molar-refractivity contribution in [2.45, 2.75) is 13.8 Å². The van der Waals surface area contributed by atoms with Crippen molar-refractivity contribution in [3.05, 3.63) is 30.3 Å². The lowest BCUT2D eigenvalue weighted by Gasteiger charge is -2.24. The van der Waals surface area contributed by atoms with Gasteiger partial charge in [-0.15, -0.1) is 0 Å². The number of carbonyl (C=O) groups excluding carboxylic acids is 1. The summed E-state index contributed by atoms with van der Waals surface area (Å²) in [4.78, 5) is 13.8. The van der Waals surface area contributed by atoms with Crippen molar-refractivity contribution in [3.63, 3.8) is 0 Å². The normalized spacial score (nSPS) is 10.5. The molecule has 3 nitrogen and oxygen atoms in total. The molecule has 0 aliphatic rings. The zero-order chi connectivity index (χ0) is 12.0. The minimum Gasteiger partial charge on any atom is -0.383 e. The van der Waals surface area contributed by atoms with Crippen LogP contribution in [0.4, 0.5) is 5.69 Å². The van der Waals surface area contributed by atoms with Crippen molar-refractivity contribution in [1.82, 2.24) is 0 Å². The summed E-state index contributed by atoms with van der Waals surface area (Å²) >= 11 is 0. The van der Waals surface area contributed by atoms with Crippen LogP contribution < -0.4 is 4.90 Å². The molecule has 1 rings (SSSR count). The molecule has 0 atom stereocenters. The van der Waals surface area contributed by atoms with E-state index in [-0.39, 0.29) is 11.8 Å². The summed E-state index contributed by atoms with van der Waals surface area (Å²) in [7, 11) is 1.64. The zero-order valence-corrected chi connectivity index (χ0v) is 10.1. The summed E-state index contributed by atoms with van der Waals surface area (Å²) in [6, 6.07) is 9.69. The molecule has 1 aromatic carbocycles. The molecule has 0 N–H and O–H groups in total. The largest absolute Gasteiger partial charge is 0.383 e. The first kappa shape index (κ1) is 12.7. The summed E-state index contributed by atoms with van der Waals surface area (Å²) in [5, 5.41) is 0. The first-order chi connectivity index (χ1) is 7.66. The third-order valence-corrected chi connectivity index (χ3v) is 2.35. The van der Waals surface area contributed by atoms with E-state index in [0.29, 0.717) is 13.2 Å². The van der Waals surface area contributed by atoms with Gasteiger partial charge in [-0.2, -0.15) is 0 Å². The van der Waals surface area contributed by atoms with Gasteiger partial charge >= 0.3 is 0 Å². The second kappa shape index (κ2) is 6.28. The molecule has 1 aromatic rings. The van der Waals surface area contributed by atoms with Crippen molar-refractivity contribution in [3.8, 4) is 0 Å². The number of nitrogens with zero attached hydrogens (tertiary/aromatic N) is 1. The Hall–Kier alpha value is -1.35. The molecule has 0 unspecified atom stereocenters. The number of amides is 1. The Kier molecular flexibility index (Phi) is 4.99. The molecule has 0 fully saturated rings. The van der Waals surface area contributed by atoms with E-state index < -0.39 is 0 Å². The Bertz CT molecular complexity index is 322. The molecule has 0 saturated heterocycles. The monoisotopic (exact) mass is 221 g/mol. The minimum atomic E-state index is -0.00272. The highest BCUT2D eigenvalue weighted by molar-refractivity contribution is 5.94. The topological polar surface area (TPSA) is 29.5 Å². The van der Waals surface area contributed by atoms with Crippen molar-refractivity contribution in [2.24, 2.45) is 5.92 Å². The smallest absolute Gasteiger partial charge is 0.229 e. The molecular formula is C13H19NO2. The molecule has 0 aliphatic heterocycles. The number of carbonyl (C=O) groups is 1. The van der Waals surface area contributed by atoms with E-state index in [4.69, 9.17) is 4.74 Å². The van der Waals surface area contributed by atoms with E-state index in [1.165, 1.54) is 0 Å². The van der Waals surface area contributed by atoms with Crippen LogP contribution in [0.15, 0.2) is 30.3 Å². The SMILES string of the molecule is COCCN(C(=O)C(C)C)c1ccccc1. The zero-order valence-electron chi connectivity index (χ0n) is 10.1. The second-order valence-corrected chi connectivity index (χ2v) is 3.97. The van der Waals surface area contributed by atoms with Gasteiger partial charge in [0.15, 0.2) is 0 Å². The predicted octanol–water partition coefficient (Wildman–Crippen LogP) is 2.32. The summed E-state index contributed by atoms with van der Waals surface area (Å²) in [5.41, 5.74) is 0.929. The maximum absolute atomic E-state index is 12.0. The summed E-state index contributed by atoms with van der Waals surface area (Å²) in [6.45, 7) is 4.96. The van der Waals surface area contributed by atoms with Crippen molar-refractivity contribution < 1.29 is 9.53 Å². The Morgan fingerprint density at radius 3 is 2.44 bits per heavy atom. The summed E-state index contributed by atoms with van der Waals surface area (Å²) in [6.07, 6.45) is 0. The lowest BCUT2D eigenvalue weighted by atomic mass is 10.1. The Morgan fingerprint density at radius 2 is 1.94 bits per heavy atom. The quantitative estimate of drug-likeness (QED) is 0.763. The highest BCUT2D eigenvalue weighted by Crippen LogP contribution is 2.15. The first-order valence-electron chi connectivity index (χ1n) is 5.52. The third-order valence-electron chi connectivity index (χ3n) is 2.35. The fraction of sp³-hybridized carbons (Fsp3) is 0.462. The van der Waals surface area contributed by atoms with Crippen LogP contribution in [0.1, 0.15) is 13.8 Å². The molecule has 0 spiro atoms. The van der Waals surface area contributed by atoms with Gasteiger partial charge in [-0.05, 0) is 12.1 Å². The predicted molar refractivity (Wildman–Crippen MR) is 65.5 cm³/mol. The highest BCUT2D eigenvalue weighted by atomic mass is 16.5. The Labute approximate surface area is 97.0 Å². The number of hydrogen-bond donors (Lipinski definition) is 0. The average molecular weight is 221 g/mol. The number of hydrogen-bond acceptors (Lipinski definition) is 2. The molecular weight excluding hydrogens is 202 g/mol. The molecule has 3 heteroatoms. The number of rotatable bonds is 5. The average Bonchev–Trinajstić information content (AvgIpc) is 2.30.